The van der Waals surface area contributed by atoms with Gasteiger partial charge in [-0.2, -0.15) is 0 Å². The third kappa shape index (κ3) is 3.71. The van der Waals surface area contributed by atoms with E-state index in [0.717, 1.165) is 31.7 Å². The van der Waals surface area contributed by atoms with Crippen molar-refractivity contribution in [1.82, 2.24) is 4.98 Å². The second kappa shape index (κ2) is 7.97. The zero-order valence-corrected chi connectivity index (χ0v) is 18.3. The fourth-order valence-electron chi connectivity index (χ4n) is 4.03. The zero-order valence-electron chi connectivity index (χ0n) is 17.5. The average Bonchev–Trinajstić information content (AvgIpc) is 3.21. The van der Waals surface area contributed by atoms with Crippen LogP contribution in [0.15, 0.2) is 84.9 Å². The van der Waals surface area contributed by atoms with Gasteiger partial charge in [-0.15, -0.1) is 0 Å². The predicted octanol–water partition coefficient (Wildman–Crippen LogP) is 6.91. The molecule has 5 rings (SSSR count). The Bertz CT molecular complexity index is 1400. The van der Waals surface area contributed by atoms with Gasteiger partial charge >= 0.3 is 0 Å². The molecule has 1 aromatic heterocycles. The van der Waals surface area contributed by atoms with Crippen LogP contribution in [-0.2, 0) is 6.54 Å². The molecule has 0 radical (unpaired) electrons. The largest absolute Gasteiger partial charge is 0.279 e. The van der Waals surface area contributed by atoms with Crippen LogP contribution in [0.1, 0.15) is 27.0 Å². The Labute approximate surface area is 185 Å². The van der Waals surface area contributed by atoms with Crippen LogP contribution in [-0.4, -0.2) is 10.9 Å². The van der Waals surface area contributed by atoms with Gasteiger partial charge in [0.05, 0.1) is 16.8 Å². The molecule has 0 aliphatic carbocycles. The lowest BCUT2D eigenvalue weighted by Gasteiger charge is -2.21. The first kappa shape index (κ1) is 19.5. The van der Waals surface area contributed by atoms with Gasteiger partial charge in [0.1, 0.15) is 0 Å². The zero-order chi connectivity index (χ0) is 21.4. The topological polar surface area (TPSA) is 33.2 Å². The Kier molecular flexibility index (Phi) is 5.00. The van der Waals surface area contributed by atoms with Gasteiger partial charge in [-0.3, -0.25) is 9.69 Å². The van der Waals surface area contributed by atoms with Crippen molar-refractivity contribution in [3.63, 3.8) is 0 Å². The van der Waals surface area contributed by atoms with Gasteiger partial charge < -0.3 is 0 Å². The molecule has 1 heterocycles. The van der Waals surface area contributed by atoms with E-state index in [1.165, 1.54) is 11.1 Å². The summed E-state index contributed by atoms with van der Waals surface area (Å²) in [5, 5.41) is 2.75. The molecule has 0 fully saturated rings. The van der Waals surface area contributed by atoms with E-state index in [4.69, 9.17) is 4.98 Å². The van der Waals surface area contributed by atoms with E-state index in [9.17, 15) is 4.79 Å². The lowest BCUT2D eigenvalue weighted by Crippen LogP contribution is -2.30. The second-order valence-electron chi connectivity index (χ2n) is 7.83. The summed E-state index contributed by atoms with van der Waals surface area (Å²) in [6.45, 7) is 4.65. The molecule has 0 N–H and O–H groups in total. The summed E-state index contributed by atoms with van der Waals surface area (Å²) < 4.78 is 1.13. The molecule has 5 aromatic rings. The minimum Gasteiger partial charge on any atom is -0.279 e. The van der Waals surface area contributed by atoms with Gasteiger partial charge in [0.15, 0.2) is 5.13 Å². The molecule has 4 aromatic carbocycles. The summed E-state index contributed by atoms with van der Waals surface area (Å²) in [7, 11) is 0. The van der Waals surface area contributed by atoms with Gasteiger partial charge in [-0.05, 0) is 53.4 Å². The molecule has 0 bridgehead atoms. The van der Waals surface area contributed by atoms with Crippen LogP contribution in [0.2, 0.25) is 0 Å². The van der Waals surface area contributed by atoms with E-state index < -0.39 is 0 Å². The third-order valence-corrected chi connectivity index (χ3v) is 6.72. The fraction of sp³-hybridized carbons (Fsp3) is 0.111. The quantitative estimate of drug-likeness (QED) is 0.315. The molecule has 0 atom stereocenters. The number of rotatable bonds is 4. The van der Waals surface area contributed by atoms with Crippen LogP contribution in [0.25, 0.3) is 21.0 Å². The highest BCUT2D eigenvalue weighted by Gasteiger charge is 2.23. The maximum Gasteiger partial charge on any atom is 0.261 e. The van der Waals surface area contributed by atoms with Gasteiger partial charge in [0.2, 0.25) is 0 Å². The van der Waals surface area contributed by atoms with Crippen molar-refractivity contribution in [3.05, 3.63) is 107 Å². The maximum absolute atomic E-state index is 13.9. The summed E-state index contributed by atoms with van der Waals surface area (Å²) in [6, 6.07) is 28.3. The van der Waals surface area contributed by atoms with Gasteiger partial charge in [-0.1, -0.05) is 84.1 Å². The van der Waals surface area contributed by atoms with Gasteiger partial charge in [-0.25, -0.2) is 4.98 Å². The van der Waals surface area contributed by atoms with E-state index in [1.807, 2.05) is 77.7 Å². The Morgan fingerprint density at radius 2 is 1.65 bits per heavy atom. The highest BCUT2D eigenvalue weighted by Crippen LogP contribution is 2.34. The Morgan fingerprint density at radius 3 is 2.48 bits per heavy atom. The van der Waals surface area contributed by atoms with Crippen molar-refractivity contribution < 1.29 is 4.79 Å². The highest BCUT2D eigenvalue weighted by molar-refractivity contribution is 7.22. The van der Waals surface area contributed by atoms with Crippen LogP contribution in [0.5, 0.6) is 0 Å². The average molecular weight is 423 g/mol. The highest BCUT2D eigenvalue weighted by atomic mass is 32.1. The smallest absolute Gasteiger partial charge is 0.261 e. The number of hydrogen-bond donors (Lipinski definition) is 0. The summed E-state index contributed by atoms with van der Waals surface area (Å²) in [5.41, 5.74) is 5.08. The van der Waals surface area contributed by atoms with E-state index >= 15 is 0 Å². The number of aromatic nitrogens is 1. The second-order valence-corrected chi connectivity index (χ2v) is 8.81. The molecular formula is C27H22N2OS. The molecule has 0 aliphatic rings. The minimum atomic E-state index is -0.0333. The summed E-state index contributed by atoms with van der Waals surface area (Å²) in [6.07, 6.45) is 0. The number of amides is 1. The van der Waals surface area contributed by atoms with Crippen molar-refractivity contribution in [2.75, 3.05) is 4.90 Å². The molecule has 0 aliphatic heterocycles. The number of carbonyl (C=O) groups excluding carboxylic acids is 1. The van der Waals surface area contributed by atoms with E-state index in [0.29, 0.717) is 12.1 Å². The molecule has 31 heavy (non-hydrogen) atoms. The summed E-state index contributed by atoms with van der Waals surface area (Å²) in [4.78, 5) is 20.6. The normalized spacial score (nSPS) is 11.2. The summed E-state index contributed by atoms with van der Waals surface area (Å²) in [5.74, 6) is -0.0333. The van der Waals surface area contributed by atoms with Crippen LogP contribution in [0.3, 0.4) is 0 Å². The van der Waals surface area contributed by atoms with Crippen molar-refractivity contribution >= 4 is 43.4 Å². The van der Waals surface area contributed by atoms with Crippen LogP contribution >= 0.6 is 11.3 Å². The Morgan fingerprint density at radius 1 is 0.903 bits per heavy atom. The minimum absolute atomic E-state index is 0.0333. The van der Waals surface area contributed by atoms with Crippen molar-refractivity contribution in [1.29, 1.82) is 0 Å². The van der Waals surface area contributed by atoms with Crippen molar-refractivity contribution in [2.45, 2.75) is 20.4 Å². The Balaban J connectivity index is 1.65. The molecule has 4 heteroatoms. The van der Waals surface area contributed by atoms with Gasteiger partial charge in [0.25, 0.3) is 5.91 Å². The van der Waals surface area contributed by atoms with Crippen LogP contribution in [0.4, 0.5) is 5.13 Å². The molecule has 0 spiro atoms. The predicted molar refractivity (Wildman–Crippen MR) is 130 cm³/mol. The van der Waals surface area contributed by atoms with Crippen LogP contribution in [0, 0.1) is 13.8 Å². The molecule has 152 valence electrons. The lowest BCUT2D eigenvalue weighted by molar-refractivity contribution is 0.0986. The number of nitrogens with zero attached hydrogens (tertiary/aromatic N) is 2. The molecule has 1 amide bonds. The number of benzene rings is 4. The number of thiazole rings is 1. The molecule has 3 nitrogen and oxygen atoms in total. The monoisotopic (exact) mass is 422 g/mol. The molecular weight excluding hydrogens is 400 g/mol. The van der Waals surface area contributed by atoms with Crippen LogP contribution < -0.4 is 4.90 Å². The lowest BCUT2D eigenvalue weighted by atomic mass is 10.0. The van der Waals surface area contributed by atoms with E-state index in [2.05, 4.69) is 26.0 Å². The van der Waals surface area contributed by atoms with Crippen molar-refractivity contribution in [3.8, 4) is 0 Å². The SMILES string of the molecule is Cc1cc(C)c2sc(N(Cc3ccccc3)C(=O)c3cccc4ccccc34)nc2c1. The molecule has 0 saturated heterocycles. The fourth-order valence-corrected chi connectivity index (χ4v) is 5.04. The number of carbonyl (C=O) groups is 1. The number of hydrogen-bond acceptors (Lipinski definition) is 3. The molecule has 0 unspecified atom stereocenters. The first-order valence-corrected chi connectivity index (χ1v) is 11.1. The Hall–Kier alpha value is -3.50. The van der Waals surface area contributed by atoms with Gasteiger partial charge in [0, 0.05) is 5.56 Å². The summed E-state index contributed by atoms with van der Waals surface area (Å²) >= 11 is 1.58. The van der Waals surface area contributed by atoms with E-state index in [1.54, 1.807) is 11.3 Å². The number of fused-ring (bicyclic) bond motifs is 2. The maximum atomic E-state index is 13.9. The molecule has 0 saturated carbocycles. The first-order chi connectivity index (χ1) is 15.1. The number of anilines is 1. The first-order valence-electron chi connectivity index (χ1n) is 10.3. The third-order valence-electron chi connectivity index (χ3n) is 5.49. The van der Waals surface area contributed by atoms with Crippen molar-refractivity contribution in [2.24, 2.45) is 0 Å². The standard InChI is InChI=1S/C27H22N2OS/c1-18-15-19(2)25-24(16-18)28-27(31-25)29(17-20-9-4-3-5-10-20)26(30)23-14-8-12-21-11-6-7-13-22(21)23/h3-16H,17H2,1-2H3. The van der Waals surface area contributed by atoms with E-state index in [-0.39, 0.29) is 5.91 Å². The number of aryl methyl sites for hydroxylation is 2.